The van der Waals surface area contributed by atoms with Gasteiger partial charge in [-0.2, -0.15) is 0 Å². The Morgan fingerprint density at radius 2 is 2.14 bits per heavy atom. The maximum Gasteiger partial charge on any atom is 0.268 e. The van der Waals surface area contributed by atoms with Gasteiger partial charge in [0.2, 0.25) is 0 Å². The lowest BCUT2D eigenvalue weighted by Gasteiger charge is -2.09. The summed E-state index contributed by atoms with van der Waals surface area (Å²) in [6.45, 7) is 3.90. The molecule has 0 saturated carbocycles. The van der Waals surface area contributed by atoms with E-state index in [0.29, 0.717) is 5.82 Å². The number of rotatable bonds is 3. The molecule has 3 nitrogen and oxygen atoms in total. The Bertz CT molecular complexity index is 315. The normalized spacial score (nSPS) is 13.2. The zero-order valence-corrected chi connectivity index (χ0v) is 8.17. The van der Waals surface area contributed by atoms with Crippen molar-refractivity contribution >= 4 is 5.82 Å². The second kappa shape index (κ2) is 4.30. The van der Waals surface area contributed by atoms with Crippen LogP contribution in [-0.2, 0) is 0 Å². The largest absolute Gasteiger partial charge is 0.383 e. The Hall–Kier alpha value is -1.26. The maximum atomic E-state index is 12.3. The summed E-state index contributed by atoms with van der Waals surface area (Å²) in [5.41, 5.74) is 5.09. The molecule has 0 fully saturated rings. The highest BCUT2D eigenvalue weighted by atomic mass is 19.3. The summed E-state index contributed by atoms with van der Waals surface area (Å²) in [4.78, 5) is 7.71. The minimum Gasteiger partial charge on any atom is -0.383 e. The SMILES string of the molecule is CCC(C)c1ncc(C(F)F)c(N)n1. The molecule has 0 amide bonds. The minimum atomic E-state index is -2.61. The van der Waals surface area contributed by atoms with Crippen LogP contribution in [0, 0.1) is 0 Å². The zero-order chi connectivity index (χ0) is 10.7. The van der Waals surface area contributed by atoms with E-state index in [1.165, 1.54) is 0 Å². The lowest BCUT2D eigenvalue weighted by atomic mass is 10.1. The lowest BCUT2D eigenvalue weighted by molar-refractivity contribution is 0.151. The molecule has 1 unspecified atom stereocenters. The Balaban J connectivity index is 3.00. The van der Waals surface area contributed by atoms with Gasteiger partial charge in [0.15, 0.2) is 0 Å². The predicted octanol–water partition coefficient (Wildman–Crippen LogP) is 2.51. The van der Waals surface area contributed by atoms with Gasteiger partial charge in [0, 0.05) is 12.1 Å². The molecular formula is C9H13F2N3. The Kier molecular flexibility index (Phi) is 3.33. The smallest absolute Gasteiger partial charge is 0.268 e. The summed E-state index contributed by atoms with van der Waals surface area (Å²) >= 11 is 0. The molecule has 2 N–H and O–H groups in total. The van der Waals surface area contributed by atoms with Crippen LogP contribution in [0.15, 0.2) is 6.20 Å². The van der Waals surface area contributed by atoms with Gasteiger partial charge >= 0.3 is 0 Å². The summed E-state index contributed by atoms with van der Waals surface area (Å²) in [5, 5.41) is 0. The second-order valence-electron chi connectivity index (χ2n) is 3.18. The molecule has 0 spiro atoms. The third-order valence-corrected chi connectivity index (χ3v) is 2.15. The Morgan fingerprint density at radius 3 is 2.57 bits per heavy atom. The van der Waals surface area contributed by atoms with Gasteiger partial charge in [0.1, 0.15) is 11.6 Å². The van der Waals surface area contributed by atoms with Gasteiger partial charge in [-0.3, -0.25) is 0 Å². The molecule has 0 saturated heterocycles. The molecule has 78 valence electrons. The molecule has 14 heavy (non-hydrogen) atoms. The van der Waals surface area contributed by atoms with Gasteiger partial charge in [-0.1, -0.05) is 13.8 Å². The number of nitrogen functional groups attached to an aromatic ring is 1. The molecule has 1 heterocycles. The van der Waals surface area contributed by atoms with Crippen molar-refractivity contribution in [1.29, 1.82) is 0 Å². The molecule has 0 radical (unpaired) electrons. The van der Waals surface area contributed by atoms with E-state index in [1.807, 2.05) is 13.8 Å². The number of hydrogen-bond acceptors (Lipinski definition) is 3. The average Bonchev–Trinajstić information content (AvgIpc) is 2.15. The fourth-order valence-corrected chi connectivity index (χ4v) is 1.01. The van der Waals surface area contributed by atoms with Crippen molar-refractivity contribution in [2.75, 3.05) is 5.73 Å². The van der Waals surface area contributed by atoms with E-state index >= 15 is 0 Å². The molecule has 0 aliphatic carbocycles. The molecule has 0 bridgehead atoms. The van der Waals surface area contributed by atoms with Crippen molar-refractivity contribution in [2.24, 2.45) is 0 Å². The minimum absolute atomic E-state index is 0.120. The third kappa shape index (κ3) is 2.16. The van der Waals surface area contributed by atoms with Gasteiger partial charge in [-0.05, 0) is 6.42 Å². The number of nitrogens with zero attached hydrogens (tertiary/aromatic N) is 2. The molecule has 0 aromatic carbocycles. The number of nitrogens with two attached hydrogens (primary N) is 1. The van der Waals surface area contributed by atoms with Crippen molar-refractivity contribution in [3.63, 3.8) is 0 Å². The third-order valence-electron chi connectivity index (χ3n) is 2.15. The second-order valence-corrected chi connectivity index (χ2v) is 3.18. The Labute approximate surface area is 81.4 Å². The van der Waals surface area contributed by atoms with Gasteiger partial charge in [-0.25, -0.2) is 18.7 Å². The van der Waals surface area contributed by atoms with E-state index in [0.717, 1.165) is 12.6 Å². The highest BCUT2D eigenvalue weighted by Gasteiger charge is 2.15. The van der Waals surface area contributed by atoms with Crippen LogP contribution < -0.4 is 5.73 Å². The zero-order valence-electron chi connectivity index (χ0n) is 8.17. The van der Waals surface area contributed by atoms with E-state index in [4.69, 9.17) is 5.73 Å². The average molecular weight is 201 g/mol. The molecular weight excluding hydrogens is 188 g/mol. The number of hydrogen-bond donors (Lipinski definition) is 1. The first-order valence-electron chi connectivity index (χ1n) is 4.46. The van der Waals surface area contributed by atoms with E-state index < -0.39 is 6.43 Å². The molecule has 1 rings (SSSR count). The van der Waals surface area contributed by atoms with Crippen molar-refractivity contribution in [2.45, 2.75) is 32.6 Å². The fraction of sp³-hybridized carbons (Fsp3) is 0.556. The summed E-state index contributed by atoms with van der Waals surface area (Å²) in [6.07, 6.45) is -0.650. The quantitative estimate of drug-likeness (QED) is 0.817. The van der Waals surface area contributed by atoms with Gasteiger partial charge < -0.3 is 5.73 Å². The predicted molar refractivity (Wildman–Crippen MR) is 50.1 cm³/mol. The number of aromatic nitrogens is 2. The molecule has 1 aromatic rings. The van der Waals surface area contributed by atoms with Gasteiger partial charge in [0.25, 0.3) is 6.43 Å². The van der Waals surface area contributed by atoms with Crippen LogP contribution in [0.2, 0.25) is 0 Å². The molecule has 0 aliphatic rings. The maximum absolute atomic E-state index is 12.3. The molecule has 5 heteroatoms. The van der Waals surface area contributed by atoms with E-state index in [-0.39, 0.29) is 17.3 Å². The van der Waals surface area contributed by atoms with Crippen LogP contribution in [0.1, 0.15) is 44.0 Å². The van der Waals surface area contributed by atoms with Crippen molar-refractivity contribution < 1.29 is 8.78 Å². The first-order valence-corrected chi connectivity index (χ1v) is 4.46. The number of alkyl halides is 2. The lowest BCUT2D eigenvalue weighted by Crippen LogP contribution is -2.06. The fourth-order valence-electron chi connectivity index (χ4n) is 1.01. The molecule has 1 atom stereocenters. The van der Waals surface area contributed by atoms with Crippen molar-refractivity contribution in [3.8, 4) is 0 Å². The van der Waals surface area contributed by atoms with Crippen LogP contribution in [0.4, 0.5) is 14.6 Å². The van der Waals surface area contributed by atoms with E-state index in [2.05, 4.69) is 9.97 Å². The Morgan fingerprint density at radius 1 is 1.50 bits per heavy atom. The number of halogens is 2. The monoisotopic (exact) mass is 201 g/mol. The van der Waals surface area contributed by atoms with Crippen molar-refractivity contribution in [3.05, 3.63) is 17.6 Å². The van der Waals surface area contributed by atoms with Gasteiger partial charge in [0.05, 0.1) is 5.56 Å². The standard InChI is InChI=1S/C9H13F2N3/c1-3-5(2)9-13-4-6(7(10)11)8(12)14-9/h4-5,7H,3H2,1-2H3,(H2,12,13,14). The van der Waals surface area contributed by atoms with Crippen LogP contribution in [0.25, 0.3) is 0 Å². The number of anilines is 1. The van der Waals surface area contributed by atoms with E-state index in [1.54, 1.807) is 0 Å². The molecule has 1 aromatic heterocycles. The van der Waals surface area contributed by atoms with Crippen LogP contribution in [-0.4, -0.2) is 9.97 Å². The van der Waals surface area contributed by atoms with Crippen LogP contribution in [0.5, 0.6) is 0 Å². The first kappa shape index (κ1) is 10.8. The van der Waals surface area contributed by atoms with E-state index in [9.17, 15) is 8.78 Å². The summed E-state index contributed by atoms with van der Waals surface area (Å²) < 4.78 is 24.6. The van der Waals surface area contributed by atoms with Crippen LogP contribution in [0.3, 0.4) is 0 Å². The summed E-state index contributed by atoms with van der Waals surface area (Å²) in [6, 6.07) is 0. The summed E-state index contributed by atoms with van der Waals surface area (Å²) in [7, 11) is 0. The first-order chi connectivity index (χ1) is 6.56. The van der Waals surface area contributed by atoms with Crippen LogP contribution >= 0.6 is 0 Å². The molecule has 0 aliphatic heterocycles. The van der Waals surface area contributed by atoms with Gasteiger partial charge in [-0.15, -0.1) is 0 Å². The highest BCUT2D eigenvalue weighted by molar-refractivity contribution is 5.38. The summed E-state index contributed by atoms with van der Waals surface area (Å²) in [5.74, 6) is 0.545. The van der Waals surface area contributed by atoms with Crippen molar-refractivity contribution in [1.82, 2.24) is 9.97 Å². The highest BCUT2D eigenvalue weighted by Crippen LogP contribution is 2.24. The topological polar surface area (TPSA) is 51.8 Å².